The molecule has 0 atom stereocenters. The van der Waals surface area contributed by atoms with Crippen molar-refractivity contribution >= 4 is 29.2 Å². The number of nitrogens with zero attached hydrogens (tertiary/aromatic N) is 3. The molecule has 198 valence electrons. The van der Waals surface area contributed by atoms with E-state index in [1.54, 1.807) is 18.9 Å². The van der Waals surface area contributed by atoms with Gasteiger partial charge >= 0.3 is 0 Å². The first-order valence-electron chi connectivity index (χ1n) is 12.7. The average molecular weight is 530 g/mol. The van der Waals surface area contributed by atoms with Gasteiger partial charge in [-0.15, -0.1) is 11.8 Å². The Morgan fingerprint density at radius 3 is 2.24 bits per heavy atom. The minimum atomic E-state index is 0.182. The van der Waals surface area contributed by atoms with Crippen molar-refractivity contribution in [3.8, 4) is 33.9 Å². The highest BCUT2D eigenvalue weighted by Gasteiger charge is 2.19. The van der Waals surface area contributed by atoms with E-state index in [2.05, 4.69) is 64.6 Å². The van der Waals surface area contributed by atoms with E-state index >= 15 is 0 Å². The SMILES string of the molecule is CCN(CC)CCOc1ccc(-c2nc(N)nc(Nc3ccccc3OC)c2-c2ccc(SC)cc2)cc1. The fraction of sp³-hybridized carbons (Fsp3) is 0.267. The number of nitrogens with one attached hydrogen (secondary N) is 1. The Hall–Kier alpha value is -3.75. The molecule has 0 radical (unpaired) electrons. The number of para-hydroxylation sites is 2. The van der Waals surface area contributed by atoms with E-state index in [-0.39, 0.29) is 5.95 Å². The van der Waals surface area contributed by atoms with Crippen molar-refractivity contribution in [3.05, 3.63) is 72.8 Å². The van der Waals surface area contributed by atoms with Crippen LogP contribution < -0.4 is 20.5 Å². The van der Waals surface area contributed by atoms with Gasteiger partial charge in [0.25, 0.3) is 0 Å². The lowest BCUT2D eigenvalue weighted by Gasteiger charge is -2.19. The van der Waals surface area contributed by atoms with E-state index in [1.807, 2.05) is 48.5 Å². The molecule has 1 aromatic heterocycles. The van der Waals surface area contributed by atoms with Gasteiger partial charge in [-0.25, -0.2) is 4.98 Å². The molecule has 0 aliphatic rings. The predicted octanol–water partition coefficient (Wildman–Crippen LogP) is 6.59. The highest BCUT2D eigenvalue weighted by molar-refractivity contribution is 7.98. The normalized spacial score (nSPS) is 11.0. The van der Waals surface area contributed by atoms with Gasteiger partial charge in [-0.05, 0) is 73.4 Å². The molecular weight excluding hydrogens is 494 g/mol. The largest absolute Gasteiger partial charge is 0.495 e. The molecular formula is C30H35N5O2S. The summed E-state index contributed by atoms with van der Waals surface area (Å²) in [7, 11) is 1.65. The monoisotopic (exact) mass is 529 g/mol. The van der Waals surface area contributed by atoms with Crippen LogP contribution in [0.5, 0.6) is 11.5 Å². The van der Waals surface area contributed by atoms with Gasteiger partial charge in [0, 0.05) is 17.0 Å². The van der Waals surface area contributed by atoms with Gasteiger partial charge in [0.2, 0.25) is 5.95 Å². The number of rotatable bonds is 12. The van der Waals surface area contributed by atoms with Crippen LogP contribution in [0.25, 0.3) is 22.4 Å². The molecule has 0 aliphatic carbocycles. The maximum atomic E-state index is 6.24. The number of hydrogen-bond donors (Lipinski definition) is 2. The van der Waals surface area contributed by atoms with Gasteiger partial charge in [-0.2, -0.15) is 4.98 Å². The number of nitrogen functional groups attached to an aromatic ring is 1. The minimum Gasteiger partial charge on any atom is -0.495 e. The van der Waals surface area contributed by atoms with Crippen molar-refractivity contribution in [1.29, 1.82) is 0 Å². The van der Waals surface area contributed by atoms with E-state index < -0.39 is 0 Å². The second-order valence-electron chi connectivity index (χ2n) is 8.61. The molecule has 4 aromatic rings. The number of ether oxygens (including phenoxy) is 2. The van der Waals surface area contributed by atoms with Crippen LogP contribution in [0.3, 0.4) is 0 Å². The van der Waals surface area contributed by atoms with Crippen molar-refractivity contribution < 1.29 is 9.47 Å². The summed E-state index contributed by atoms with van der Waals surface area (Å²) in [5.41, 5.74) is 10.5. The Bertz CT molecular complexity index is 1330. The minimum absolute atomic E-state index is 0.182. The third-order valence-corrected chi connectivity index (χ3v) is 7.11. The smallest absolute Gasteiger partial charge is 0.222 e. The van der Waals surface area contributed by atoms with Crippen molar-refractivity contribution in [2.24, 2.45) is 0 Å². The first-order valence-corrected chi connectivity index (χ1v) is 14.0. The molecule has 0 fully saturated rings. The summed E-state index contributed by atoms with van der Waals surface area (Å²) in [4.78, 5) is 12.8. The average Bonchev–Trinajstić information content (AvgIpc) is 2.96. The number of benzene rings is 3. The summed E-state index contributed by atoms with van der Waals surface area (Å²) >= 11 is 1.70. The zero-order chi connectivity index (χ0) is 26.9. The van der Waals surface area contributed by atoms with Crippen molar-refractivity contribution in [2.75, 3.05) is 50.7 Å². The maximum absolute atomic E-state index is 6.24. The molecule has 38 heavy (non-hydrogen) atoms. The molecule has 0 amide bonds. The van der Waals surface area contributed by atoms with Gasteiger partial charge in [0.1, 0.15) is 23.9 Å². The summed E-state index contributed by atoms with van der Waals surface area (Å²) in [6.07, 6.45) is 2.06. The topological polar surface area (TPSA) is 85.5 Å². The molecule has 8 heteroatoms. The van der Waals surface area contributed by atoms with Crippen LogP contribution in [0.4, 0.5) is 17.5 Å². The molecule has 0 aliphatic heterocycles. The number of methoxy groups -OCH3 is 1. The molecule has 0 bridgehead atoms. The molecule has 0 saturated heterocycles. The van der Waals surface area contributed by atoms with E-state index in [4.69, 9.17) is 15.2 Å². The molecule has 1 heterocycles. The van der Waals surface area contributed by atoms with Crippen LogP contribution in [-0.2, 0) is 0 Å². The fourth-order valence-electron chi connectivity index (χ4n) is 4.23. The number of likely N-dealkylation sites (N-methyl/N-ethyl adjacent to an activating group) is 1. The number of aromatic nitrogens is 2. The lowest BCUT2D eigenvalue weighted by atomic mass is 9.99. The summed E-state index contributed by atoms with van der Waals surface area (Å²) in [6, 6.07) is 24.1. The lowest BCUT2D eigenvalue weighted by Crippen LogP contribution is -2.27. The zero-order valence-electron chi connectivity index (χ0n) is 22.4. The van der Waals surface area contributed by atoms with Gasteiger partial charge < -0.3 is 25.4 Å². The highest BCUT2D eigenvalue weighted by atomic mass is 32.2. The second kappa shape index (κ2) is 13.2. The standard InChI is InChI=1S/C30H35N5O2S/c1-5-35(6-2)19-20-37-23-15-11-22(12-16-23)28-27(21-13-17-24(38-4)18-14-21)29(34-30(31)33-28)32-25-9-7-8-10-26(25)36-3/h7-18H,5-6,19-20H2,1-4H3,(H3,31,32,33,34). The predicted molar refractivity (Wildman–Crippen MR) is 159 cm³/mol. The molecule has 0 spiro atoms. The van der Waals surface area contributed by atoms with Crippen molar-refractivity contribution in [3.63, 3.8) is 0 Å². The van der Waals surface area contributed by atoms with Crippen LogP contribution in [0.15, 0.2) is 77.7 Å². The molecule has 7 nitrogen and oxygen atoms in total. The van der Waals surface area contributed by atoms with E-state index in [1.165, 1.54) is 4.90 Å². The quantitative estimate of drug-likeness (QED) is 0.199. The fourth-order valence-corrected chi connectivity index (χ4v) is 4.63. The summed E-state index contributed by atoms with van der Waals surface area (Å²) in [5, 5.41) is 3.44. The Balaban J connectivity index is 1.73. The van der Waals surface area contributed by atoms with Crippen molar-refractivity contribution in [2.45, 2.75) is 18.7 Å². The Morgan fingerprint density at radius 1 is 0.895 bits per heavy atom. The maximum Gasteiger partial charge on any atom is 0.222 e. The van der Waals surface area contributed by atoms with E-state index in [0.717, 1.165) is 53.5 Å². The Labute approximate surface area is 229 Å². The molecule has 0 saturated carbocycles. The second-order valence-corrected chi connectivity index (χ2v) is 9.49. The number of nitrogens with two attached hydrogens (primary N) is 1. The van der Waals surface area contributed by atoms with Gasteiger partial charge in [0.15, 0.2) is 0 Å². The third kappa shape index (κ3) is 6.57. The first kappa shape index (κ1) is 27.3. The van der Waals surface area contributed by atoms with Crippen LogP contribution in [0.2, 0.25) is 0 Å². The zero-order valence-corrected chi connectivity index (χ0v) is 23.2. The Morgan fingerprint density at radius 2 is 1.58 bits per heavy atom. The van der Waals surface area contributed by atoms with Crippen molar-refractivity contribution in [1.82, 2.24) is 14.9 Å². The van der Waals surface area contributed by atoms with Gasteiger partial charge in [0.05, 0.1) is 24.1 Å². The van der Waals surface area contributed by atoms with Crippen LogP contribution in [0, 0.1) is 0 Å². The number of hydrogen-bond acceptors (Lipinski definition) is 8. The first-order chi connectivity index (χ1) is 18.6. The van der Waals surface area contributed by atoms with E-state index in [9.17, 15) is 0 Å². The lowest BCUT2D eigenvalue weighted by molar-refractivity contribution is 0.223. The molecule has 3 aromatic carbocycles. The summed E-state index contributed by atoms with van der Waals surface area (Å²) in [5.74, 6) is 2.32. The van der Waals surface area contributed by atoms with Gasteiger partial charge in [-0.3, -0.25) is 0 Å². The van der Waals surface area contributed by atoms with Crippen LogP contribution in [0.1, 0.15) is 13.8 Å². The Kier molecular flexibility index (Phi) is 9.46. The summed E-state index contributed by atoms with van der Waals surface area (Å²) in [6.45, 7) is 7.89. The van der Waals surface area contributed by atoms with Crippen LogP contribution >= 0.6 is 11.8 Å². The molecule has 0 unspecified atom stereocenters. The highest BCUT2D eigenvalue weighted by Crippen LogP contribution is 2.39. The number of thioether (sulfide) groups is 1. The van der Waals surface area contributed by atoms with Gasteiger partial charge in [-0.1, -0.05) is 38.1 Å². The van der Waals surface area contributed by atoms with E-state index in [0.29, 0.717) is 18.2 Å². The summed E-state index contributed by atoms with van der Waals surface area (Å²) < 4.78 is 11.6. The number of anilines is 3. The third-order valence-electron chi connectivity index (χ3n) is 6.36. The molecule has 3 N–H and O–H groups in total. The molecule has 4 rings (SSSR count). The van der Waals surface area contributed by atoms with Crippen LogP contribution in [-0.4, -0.2) is 54.5 Å².